The lowest BCUT2D eigenvalue weighted by Crippen LogP contribution is -2.16. The monoisotopic (exact) mass is 274 g/mol. The summed E-state index contributed by atoms with van der Waals surface area (Å²) in [6, 6.07) is 2.79. The second-order valence-corrected chi connectivity index (χ2v) is 4.84. The predicted molar refractivity (Wildman–Crippen MR) is 72.6 cm³/mol. The first kappa shape index (κ1) is 12.7. The zero-order valence-electron chi connectivity index (χ0n) is 11.1. The molecule has 0 unspecified atom stereocenters. The summed E-state index contributed by atoms with van der Waals surface area (Å²) in [6.07, 6.45) is 1.69. The van der Waals surface area contributed by atoms with Gasteiger partial charge in [0.15, 0.2) is 11.4 Å². The molecular formula is C15H14O5. The Morgan fingerprint density at radius 3 is 2.85 bits per heavy atom. The van der Waals surface area contributed by atoms with Crippen molar-refractivity contribution in [3.63, 3.8) is 0 Å². The summed E-state index contributed by atoms with van der Waals surface area (Å²) in [5.74, 6) is 0.122. The lowest BCUT2D eigenvalue weighted by molar-refractivity contribution is 0.0934. The molecule has 0 saturated carbocycles. The fourth-order valence-electron chi connectivity index (χ4n) is 2.60. The zero-order valence-corrected chi connectivity index (χ0v) is 11.1. The SMILES string of the molecule is CCCc1cc(=O)oc2c3c(cc(O)c12)OCCC3=O. The van der Waals surface area contributed by atoms with Gasteiger partial charge in [-0.2, -0.15) is 0 Å². The van der Waals surface area contributed by atoms with Crippen molar-refractivity contribution < 1.29 is 19.1 Å². The molecule has 0 amide bonds. The first-order chi connectivity index (χ1) is 9.61. The van der Waals surface area contributed by atoms with Crippen LogP contribution in [0.4, 0.5) is 0 Å². The first-order valence-electron chi connectivity index (χ1n) is 6.60. The van der Waals surface area contributed by atoms with Gasteiger partial charge in [-0.25, -0.2) is 4.79 Å². The quantitative estimate of drug-likeness (QED) is 0.851. The number of benzene rings is 1. The Balaban J connectivity index is 2.44. The van der Waals surface area contributed by atoms with Crippen LogP contribution in [0, 0.1) is 0 Å². The summed E-state index contributed by atoms with van der Waals surface area (Å²) in [4.78, 5) is 23.8. The van der Waals surface area contributed by atoms with Crippen LogP contribution in [0.1, 0.15) is 35.7 Å². The summed E-state index contributed by atoms with van der Waals surface area (Å²) < 4.78 is 10.6. The summed E-state index contributed by atoms with van der Waals surface area (Å²) >= 11 is 0. The molecule has 0 atom stereocenters. The molecule has 20 heavy (non-hydrogen) atoms. The third-order valence-electron chi connectivity index (χ3n) is 3.43. The highest BCUT2D eigenvalue weighted by atomic mass is 16.5. The first-order valence-corrected chi connectivity index (χ1v) is 6.60. The molecule has 5 heteroatoms. The van der Waals surface area contributed by atoms with Crippen LogP contribution in [0.2, 0.25) is 0 Å². The third kappa shape index (κ3) is 1.86. The number of ketones is 1. The van der Waals surface area contributed by atoms with Crippen molar-refractivity contribution in [2.45, 2.75) is 26.2 Å². The van der Waals surface area contributed by atoms with E-state index in [0.29, 0.717) is 17.4 Å². The minimum atomic E-state index is -0.521. The molecule has 1 aliphatic heterocycles. The van der Waals surface area contributed by atoms with Crippen molar-refractivity contribution in [2.75, 3.05) is 6.61 Å². The number of phenolic OH excluding ortho intramolecular Hbond substituents is 1. The molecule has 104 valence electrons. The van der Waals surface area contributed by atoms with Gasteiger partial charge in [-0.3, -0.25) is 4.79 Å². The molecule has 0 radical (unpaired) electrons. The summed E-state index contributed by atoms with van der Waals surface area (Å²) in [6.45, 7) is 2.25. The topological polar surface area (TPSA) is 76.7 Å². The van der Waals surface area contributed by atoms with Crippen molar-refractivity contribution in [1.82, 2.24) is 0 Å². The number of hydrogen-bond donors (Lipinski definition) is 1. The van der Waals surface area contributed by atoms with E-state index in [-0.39, 0.29) is 41.5 Å². The highest BCUT2D eigenvalue weighted by molar-refractivity contribution is 6.11. The average molecular weight is 274 g/mol. The highest BCUT2D eigenvalue weighted by Gasteiger charge is 2.26. The maximum atomic E-state index is 12.1. The lowest BCUT2D eigenvalue weighted by atomic mass is 9.97. The fourth-order valence-corrected chi connectivity index (χ4v) is 2.60. The Morgan fingerprint density at radius 1 is 1.30 bits per heavy atom. The number of aromatic hydroxyl groups is 1. The van der Waals surface area contributed by atoms with Crippen molar-refractivity contribution in [3.8, 4) is 11.5 Å². The van der Waals surface area contributed by atoms with Gasteiger partial charge in [0.05, 0.1) is 12.0 Å². The van der Waals surface area contributed by atoms with E-state index >= 15 is 0 Å². The zero-order chi connectivity index (χ0) is 14.3. The molecule has 3 rings (SSSR count). The Hall–Kier alpha value is -2.30. The number of ether oxygens (including phenoxy) is 1. The van der Waals surface area contributed by atoms with E-state index in [1.807, 2.05) is 6.92 Å². The number of fused-ring (bicyclic) bond motifs is 3. The molecule has 0 bridgehead atoms. The van der Waals surface area contributed by atoms with E-state index in [0.717, 1.165) is 6.42 Å². The molecule has 2 aromatic rings. The van der Waals surface area contributed by atoms with Crippen LogP contribution in [0.15, 0.2) is 21.3 Å². The number of aryl methyl sites for hydroxylation is 1. The second kappa shape index (κ2) is 4.67. The number of carbonyl (C=O) groups is 1. The highest BCUT2D eigenvalue weighted by Crippen LogP contribution is 2.39. The number of phenols is 1. The molecule has 0 spiro atoms. The van der Waals surface area contributed by atoms with E-state index in [1.165, 1.54) is 12.1 Å². The molecule has 5 nitrogen and oxygen atoms in total. The Morgan fingerprint density at radius 2 is 2.10 bits per heavy atom. The molecule has 0 saturated heterocycles. The van der Waals surface area contributed by atoms with Gasteiger partial charge in [0.1, 0.15) is 17.1 Å². The van der Waals surface area contributed by atoms with E-state index in [4.69, 9.17) is 9.15 Å². The van der Waals surface area contributed by atoms with Crippen LogP contribution in [-0.4, -0.2) is 17.5 Å². The minimum absolute atomic E-state index is 0.0272. The number of rotatable bonds is 2. The summed E-state index contributed by atoms with van der Waals surface area (Å²) in [7, 11) is 0. The van der Waals surface area contributed by atoms with Crippen molar-refractivity contribution in [2.24, 2.45) is 0 Å². The standard InChI is InChI=1S/C15H14O5/c1-2-3-8-6-12(18)20-15-13(8)10(17)7-11-14(15)9(16)4-5-19-11/h6-7,17H,2-5H2,1H3. The van der Waals surface area contributed by atoms with E-state index < -0.39 is 5.63 Å². The van der Waals surface area contributed by atoms with Crippen LogP contribution >= 0.6 is 0 Å². The normalized spacial score (nSPS) is 14.2. The largest absolute Gasteiger partial charge is 0.507 e. The smallest absolute Gasteiger partial charge is 0.336 e. The van der Waals surface area contributed by atoms with Crippen molar-refractivity contribution in [1.29, 1.82) is 0 Å². The molecule has 1 aromatic carbocycles. The van der Waals surface area contributed by atoms with Gasteiger partial charge in [0, 0.05) is 18.6 Å². The van der Waals surface area contributed by atoms with E-state index in [1.54, 1.807) is 0 Å². The van der Waals surface area contributed by atoms with Gasteiger partial charge in [-0.05, 0) is 12.0 Å². The van der Waals surface area contributed by atoms with Crippen molar-refractivity contribution >= 4 is 16.8 Å². The van der Waals surface area contributed by atoms with Gasteiger partial charge in [-0.1, -0.05) is 13.3 Å². The molecule has 1 aromatic heterocycles. The Labute approximate surface area is 114 Å². The van der Waals surface area contributed by atoms with E-state index in [2.05, 4.69) is 0 Å². The van der Waals surface area contributed by atoms with Crippen LogP contribution < -0.4 is 10.4 Å². The number of carbonyl (C=O) groups excluding carboxylic acids is 1. The number of Topliss-reactive ketones (excluding diaryl/α,β-unsaturated/α-hetero) is 1. The van der Waals surface area contributed by atoms with Crippen LogP contribution in [0.3, 0.4) is 0 Å². The molecular weight excluding hydrogens is 260 g/mol. The Kier molecular flexibility index (Phi) is 2.97. The minimum Gasteiger partial charge on any atom is -0.507 e. The molecule has 0 fully saturated rings. The van der Waals surface area contributed by atoms with Gasteiger partial charge < -0.3 is 14.3 Å². The van der Waals surface area contributed by atoms with Gasteiger partial charge in [-0.15, -0.1) is 0 Å². The van der Waals surface area contributed by atoms with Crippen LogP contribution in [0.25, 0.3) is 11.0 Å². The number of hydrogen-bond acceptors (Lipinski definition) is 5. The molecule has 1 N–H and O–H groups in total. The maximum absolute atomic E-state index is 12.1. The van der Waals surface area contributed by atoms with E-state index in [9.17, 15) is 14.7 Å². The van der Waals surface area contributed by atoms with Crippen molar-refractivity contribution in [3.05, 3.63) is 33.7 Å². The Bertz CT molecular complexity index is 757. The molecule has 1 aliphatic rings. The summed E-state index contributed by atoms with van der Waals surface area (Å²) in [5, 5.41) is 10.6. The fraction of sp³-hybridized carbons (Fsp3) is 0.333. The third-order valence-corrected chi connectivity index (χ3v) is 3.43. The average Bonchev–Trinajstić information content (AvgIpc) is 2.38. The van der Waals surface area contributed by atoms with Gasteiger partial charge >= 0.3 is 5.63 Å². The van der Waals surface area contributed by atoms with Gasteiger partial charge in [0.2, 0.25) is 0 Å². The van der Waals surface area contributed by atoms with Crippen LogP contribution in [-0.2, 0) is 6.42 Å². The lowest BCUT2D eigenvalue weighted by Gasteiger charge is -2.18. The second-order valence-electron chi connectivity index (χ2n) is 4.84. The predicted octanol–water partition coefficient (Wildman–Crippen LogP) is 2.42. The van der Waals surface area contributed by atoms with Gasteiger partial charge in [0.25, 0.3) is 0 Å². The summed E-state index contributed by atoms with van der Waals surface area (Å²) in [5.41, 5.74) is 0.573. The maximum Gasteiger partial charge on any atom is 0.336 e. The molecule has 2 heterocycles. The molecule has 0 aliphatic carbocycles. The van der Waals surface area contributed by atoms with Crippen LogP contribution in [0.5, 0.6) is 11.5 Å².